The monoisotopic (exact) mass is 320 g/mol. The van der Waals surface area contributed by atoms with E-state index in [4.69, 9.17) is 0 Å². The van der Waals surface area contributed by atoms with E-state index in [1.165, 1.54) is 16.8 Å². The van der Waals surface area contributed by atoms with E-state index in [9.17, 15) is 0 Å². The van der Waals surface area contributed by atoms with Gasteiger partial charge in [0.1, 0.15) is 11.6 Å². The van der Waals surface area contributed by atoms with Crippen molar-refractivity contribution in [3.05, 3.63) is 52.9 Å². The van der Waals surface area contributed by atoms with E-state index in [2.05, 4.69) is 78.0 Å². The molecule has 3 rings (SSSR count). The van der Waals surface area contributed by atoms with E-state index < -0.39 is 0 Å². The van der Waals surface area contributed by atoms with Gasteiger partial charge in [0.05, 0.1) is 5.54 Å². The zero-order valence-electron chi connectivity index (χ0n) is 15.3. The van der Waals surface area contributed by atoms with E-state index in [1.807, 2.05) is 19.9 Å². The molecule has 4 heteroatoms. The number of allylic oxidation sites excluding steroid dienone is 1. The Hall–Kier alpha value is -2.49. The normalized spacial score (nSPS) is 16.2. The van der Waals surface area contributed by atoms with Crippen molar-refractivity contribution in [2.45, 2.75) is 40.2 Å². The molecule has 24 heavy (non-hydrogen) atoms. The summed E-state index contributed by atoms with van der Waals surface area (Å²) >= 11 is 0. The van der Waals surface area contributed by atoms with E-state index in [1.54, 1.807) is 0 Å². The molecule has 0 radical (unpaired) electrons. The molecular weight excluding hydrogens is 296 g/mol. The lowest BCUT2D eigenvalue weighted by atomic mass is 9.88. The lowest BCUT2D eigenvalue weighted by molar-refractivity contribution is 0.598. The Bertz CT molecular complexity index is 826. The van der Waals surface area contributed by atoms with E-state index in [-0.39, 0.29) is 5.54 Å². The Balaban J connectivity index is 1.95. The molecule has 0 spiro atoms. The van der Waals surface area contributed by atoms with Crippen LogP contribution in [0.3, 0.4) is 0 Å². The van der Waals surface area contributed by atoms with Gasteiger partial charge in [-0.1, -0.05) is 18.2 Å². The SMILES string of the molecule is CC1=CC(C)(C)N(C)c2ccc(/C=C/c3nc(C)nc(C)n3)cc21. The third-order valence-corrected chi connectivity index (χ3v) is 4.54. The summed E-state index contributed by atoms with van der Waals surface area (Å²) in [5.74, 6) is 2.19. The zero-order valence-corrected chi connectivity index (χ0v) is 15.3. The molecule has 2 aromatic rings. The highest BCUT2D eigenvalue weighted by Crippen LogP contribution is 2.38. The number of aryl methyl sites for hydroxylation is 2. The van der Waals surface area contributed by atoms with Gasteiger partial charge in [-0.05, 0) is 64.0 Å². The molecule has 4 nitrogen and oxygen atoms in total. The van der Waals surface area contributed by atoms with Gasteiger partial charge in [0.2, 0.25) is 0 Å². The number of likely N-dealkylation sites (N-methyl/N-ethyl adjacent to an activating group) is 1. The number of nitrogens with zero attached hydrogens (tertiary/aromatic N) is 4. The average Bonchev–Trinajstić information content (AvgIpc) is 2.49. The molecule has 1 aliphatic heterocycles. The van der Waals surface area contributed by atoms with Crippen molar-refractivity contribution in [1.29, 1.82) is 0 Å². The van der Waals surface area contributed by atoms with Crippen LogP contribution in [0.1, 0.15) is 49.4 Å². The van der Waals surface area contributed by atoms with Crippen LogP contribution in [-0.2, 0) is 0 Å². The van der Waals surface area contributed by atoms with Crippen LogP contribution in [0.25, 0.3) is 17.7 Å². The molecule has 0 amide bonds. The predicted octanol–water partition coefficient (Wildman–Crippen LogP) is 4.29. The first-order valence-electron chi connectivity index (χ1n) is 8.21. The third kappa shape index (κ3) is 3.09. The minimum atomic E-state index is 0.0361. The quantitative estimate of drug-likeness (QED) is 0.828. The standard InChI is InChI=1S/C20H24N4/c1-13-12-20(4,5)24(6)18-9-7-16(11-17(13)18)8-10-19-22-14(2)21-15(3)23-19/h7-12H,1-6H3/b10-8+. The summed E-state index contributed by atoms with van der Waals surface area (Å²) in [6.45, 7) is 10.4. The Morgan fingerprint density at radius 1 is 0.958 bits per heavy atom. The van der Waals surface area contributed by atoms with Gasteiger partial charge in [-0.3, -0.25) is 0 Å². The number of anilines is 1. The maximum Gasteiger partial charge on any atom is 0.156 e. The molecule has 1 aliphatic rings. The molecule has 0 bridgehead atoms. The van der Waals surface area contributed by atoms with Crippen molar-refractivity contribution in [2.75, 3.05) is 11.9 Å². The Morgan fingerprint density at radius 3 is 2.29 bits per heavy atom. The summed E-state index contributed by atoms with van der Waals surface area (Å²) in [5.41, 5.74) is 5.04. The van der Waals surface area contributed by atoms with Crippen molar-refractivity contribution in [1.82, 2.24) is 15.0 Å². The van der Waals surface area contributed by atoms with Crippen molar-refractivity contribution >= 4 is 23.4 Å². The highest BCUT2D eigenvalue weighted by atomic mass is 15.2. The molecule has 0 aliphatic carbocycles. The van der Waals surface area contributed by atoms with E-state index in [0.717, 1.165) is 17.2 Å². The molecule has 124 valence electrons. The van der Waals surface area contributed by atoms with Crippen LogP contribution in [0.5, 0.6) is 0 Å². The lowest BCUT2D eigenvalue weighted by Crippen LogP contribution is -2.42. The van der Waals surface area contributed by atoms with Crippen LogP contribution in [0.2, 0.25) is 0 Å². The van der Waals surface area contributed by atoms with Gasteiger partial charge in [0.25, 0.3) is 0 Å². The number of hydrogen-bond donors (Lipinski definition) is 0. The van der Waals surface area contributed by atoms with Crippen molar-refractivity contribution < 1.29 is 0 Å². The Kier molecular flexibility index (Phi) is 3.99. The molecule has 2 heterocycles. The van der Waals surface area contributed by atoms with Gasteiger partial charge in [-0.15, -0.1) is 0 Å². The molecule has 0 fully saturated rings. The fourth-order valence-corrected chi connectivity index (χ4v) is 3.17. The smallest absolute Gasteiger partial charge is 0.156 e. The van der Waals surface area contributed by atoms with Gasteiger partial charge >= 0.3 is 0 Å². The molecule has 0 unspecified atom stereocenters. The fraction of sp³-hybridized carbons (Fsp3) is 0.350. The highest BCUT2D eigenvalue weighted by Gasteiger charge is 2.28. The summed E-state index contributed by atoms with van der Waals surface area (Å²) in [7, 11) is 2.15. The van der Waals surface area contributed by atoms with Crippen LogP contribution < -0.4 is 4.90 Å². The first kappa shape index (κ1) is 16.4. The molecular formula is C20H24N4. The van der Waals surface area contributed by atoms with Gasteiger partial charge in [0.15, 0.2) is 5.82 Å². The number of rotatable bonds is 2. The highest BCUT2D eigenvalue weighted by molar-refractivity contribution is 5.83. The number of benzene rings is 1. The van der Waals surface area contributed by atoms with Crippen LogP contribution in [-0.4, -0.2) is 27.5 Å². The van der Waals surface area contributed by atoms with Crippen molar-refractivity contribution in [2.24, 2.45) is 0 Å². The number of aromatic nitrogens is 3. The second kappa shape index (κ2) is 5.86. The summed E-state index contributed by atoms with van der Waals surface area (Å²) in [6.07, 6.45) is 6.32. The molecule has 0 N–H and O–H groups in total. The topological polar surface area (TPSA) is 41.9 Å². The third-order valence-electron chi connectivity index (χ3n) is 4.54. The summed E-state index contributed by atoms with van der Waals surface area (Å²) in [4.78, 5) is 15.2. The summed E-state index contributed by atoms with van der Waals surface area (Å²) in [5, 5.41) is 0. The van der Waals surface area contributed by atoms with E-state index >= 15 is 0 Å². The lowest BCUT2D eigenvalue weighted by Gasteiger charge is -2.40. The Labute approximate surface area is 144 Å². The van der Waals surface area contributed by atoms with Crippen LogP contribution in [0, 0.1) is 13.8 Å². The molecule has 0 atom stereocenters. The molecule has 1 aromatic carbocycles. The van der Waals surface area contributed by atoms with Crippen molar-refractivity contribution in [3.8, 4) is 0 Å². The molecule has 0 saturated carbocycles. The van der Waals surface area contributed by atoms with Gasteiger partial charge in [-0.2, -0.15) is 0 Å². The zero-order chi connectivity index (χ0) is 17.5. The van der Waals surface area contributed by atoms with Crippen molar-refractivity contribution in [3.63, 3.8) is 0 Å². The Morgan fingerprint density at radius 2 is 1.62 bits per heavy atom. The summed E-state index contributed by atoms with van der Waals surface area (Å²) < 4.78 is 0. The van der Waals surface area contributed by atoms with Crippen LogP contribution >= 0.6 is 0 Å². The van der Waals surface area contributed by atoms with Gasteiger partial charge in [-0.25, -0.2) is 15.0 Å². The molecule has 1 aromatic heterocycles. The van der Waals surface area contributed by atoms with E-state index in [0.29, 0.717) is 5.82 Å². The van der Waals surface area contributed by atoms with Crippen LogP contribution in [0.15, 0.2) is 24.3 Å². The summed E-state index contributed by atoms with van der Waals surface area (Å²) in [6, 6.07) is 6.56. The minimum Gasteiger partial charge on any atom is -0.366 e. The number of fused-ring (bicyclic) bond motifs is 1. The fourth-order valence-electron chi connectivity index (χ4n) is 3.17. The predicted molar refractivity (Wildman–Crippen MR) is 101 cm³/mol. The average molecular weight is 320 g/mol. The van der Waals surface area contributed by atoms with Crippen LogP contribution in [0.4, 0.5) is 5.69 Å². The minimum absolute atomic E-state index is 0.0361. The second-order valence-corrected chi connectivity index (χ2v) is 6.94. The largest absolute Gasteiger partial charge is 0.366 e. The van der Waals surface area contributed by atoms with Gasteiger partial charge in [0, 0.05) is 18.3 Å². The second-order valence-electron chi connectivity index (χ2n) is 6.94. The maximum absolute atomic E-state index is 4.35. The first-order valence-corrected chi connectivity index (χ1v) is 8.21. The number of hydrogen-bond acceptors (Lipinski definition) is 4. The van der Waals surface area contributed by atoms with Gasteiger partial charge < -0.3 is 4.90 Å². The first-order chi connectivity index (χ1) is 11.3. The maximum atomic E-state index is 4.35. The molecule has 0 saturated heterocycles.